The second kappa shape index (κ2) is 4.63. The minimum absolute atomic E-state index is 0.123. The molecule has 0 saturated heterocycles. The molecule has 5 nitrogen and oxygen atoms in total. The van der Waals surface area contributed by atoms with Crippen LogP contribution in [0.1, 0.15) is 6.92 Å². The van der Waals surface area contributed by atoms with Gasteiger partial charge in [0.1, 0.15) is 0 Å². The van der Waals surface area contributed by atoms with Gasteiger partial charge in [-0.2, -0.15) is 15.0 Å². The van der Waals surface area contributed by atoms with E-state index in [9.17, 15) is 0 Å². The first-order valence-electron chi connectivity index (χ1n) is 4.58. The molecule has 7 heteroatoms. The fraction of sp³-hybridized carbons (Fsp3) is 0.222. The van der Waals surface area contributed by atoms with Crippen molar-refractivity contribution >= 4 is 28.9 Å². The van der Waals surface area contributed by atoms with E-state index in [2.05, 4.69) is 15.0 Å². The Balaban J connectivity index is 2.45. The molecule has 84 valence electrons. The summed E-state index contributed by atoms with van der Waals surface area (Å²) >= 11 is 7.43. The Morgan fingerprint density at radius 1 is 1.44 bits per heavy atom. The maximum atomic E-state index is 5.98. The highest BCUT2D eigenvalue weighted by molar-refractivity contribution is 7.14. The first-order chi connectivity index (χ1) is 7.70. The Labute approximate surface area is 101 Å². The molecule has 16 heavy (non-hydrogen) atoms. The van der Waals surface area contributed by atoms with Crippen LogP contribution in [0.5, 0.6) is 6.01 Å². The smallest absolute Gasteiger partial charge is 0.321 e. The molecule has 0 aliphatic heterocycles. The summed E-state index contributed by atoms with van der Waals surface area (Å²) in [7, 11) is 0. The summed E-state index contributed by atoms with van der Waals surface area (Å²) in [5.41, 5.74) is 5.57. The summed E-state index contributed by atoms with van der Waals surface area (Å²) in [5, 5.41) is 2.45. The molecule has 0 aromatic carbocycles. The Kier molecular flexibility index (Phi) is 3.21. The van der Waals surface area contributed by atoms with E-state index in [0.29, 0.717) is 17.5 Å². The third-order valence-electron chi connectivity index (χ3n) is 1.73. The topological polar surface area (TPSA) is 73.9 Å². The molecule has 0 atom stereocenters. The number of aromatic nitrogens is 3. The minimum atomic E-state index is 0.123. The number of nitrogens with zero attached hydrogens (tertiary/aromatic N) is 3. The molecule has 0 aliphatic carbocycles. The quantitative estimate of drug-likeness (QED) is 0.912. The van der Waals surface area contributed by atoms with Crippen molar-refractivity contribution < 1.29 is 4.74 Å². The monoisotopic (exact) mass is 256 g/mol. The molecular formula is C9H9ClN4OS. The van der Waals surface area contributed by atoms with E-state index in [-0.39, 0.29) is 12.0 Å². The van der Waals surface area contributed by atoms with Crippen molar-refractivity contribution in [1.82, 2.24) is 15.0 Å². The van der Waals surface area contributed by atoms with Crippen molar-refractivity contribution in [1.29, 1.82) is 0 Å². The third-order valence-corrected chi connectivity index (χ3v) is 3.06. The normalized spacial score (nSPS) is 10.4. The predicted molar refractivity (Wildman–Crippen MR) is 63.7 cm³/mol. The van der Waals surface area contributed by atoms with Crippen LogP contribution < -0.4 is 10.5 Å². The van der Waals surface area contributed by atoms with Gasteiger partial charge in [-0.15, -0.1) is 11.3 Å². The highest BCUT2D eigenvalue weighted by atomic mass is 35.5. The van der Waals surface area contributed by atoms with E-state index in [1.807, 2.05) is 12.3 Å². The number of halogens is 1. The molecule has 0 fully saturated rings. The standard InChI is InChI=1S/C9H9ClN4OS/c1-2-15-9-13-7(12-8(11)14-9)6-5(10)3-4-16-6/h3-4H,2H2,1H3,(H2,11,12,13,14). The molecular weight excluding hydrogens is 248 g/mol. The van der Waals surface area contributed by atoms with Crippen LogP contribution in [0.3, 0.4) is 0 Å². The summed E-state index contributed by atoms with van der Waals surface area (Å²) in [6, 6.07) is 2.00. The SMILES string of the molecule is CCOc1nc(N)nc(-c2sccc2Cl)n1. The van der Waals surface area contributed by atoms with Gasteiger partial charge in [0.05, 0.1) is 16.5 Å². The lowest BCUT2D eigenvalue weighted by molar-refractivity contribution is 0.312. The summed E-state index contributed by atoms with van der Waals surface area (Å²) in [4.78, 5) is 12.8. The first kappa shape index (κ1) is 11.1. The zero-order valence-electron chi connectivity index (χ0n) is 8.48. The Morgan fingerprint density at radius 2 is 2.25 bits per heavy atom. The minimum Gasteiger partial charge on any atom is -0.464 e. The molecule has 0 bridgehead atoms. The van der Waals surface area contributed by atoms with Crippen LogP contribution in [0, 0.1) is 0 Å². The molecule has 2 heterocycles. The van der Waals surface area contributed by atoms with Gasteiger partial charge in [-0.05, 0) is 18.4 Å². The van der Waals surface area contributed by atoms with Crippen LogP contribution in [0.2, 0.25) is 5.02 Å². The van der Waals surface area contributed by atoms with Gasteiger partial charge in [0.2, 0.25) is 5.95 Å². The Bertz CT molecular complexity index is 502. The molecule has 0 amide bonds. The fourth-order valence-electron chi connectivity index (χ4n) is 1.12. The van der Waals surface area contributed by atoms with Crippen molar-refractivity contribution in [3.8, 4) is 16.7 Å². The fourth-order valence-corrected chi connectivity index (χ4v) is 2.19. The van der Waals surface area contributed by atoms with E-state index < -0.39 is 0 Å². The molecule has 0 radical (unpaired) electrons. The van der Waals surface area contributed by atoms with Gasteiger partial charge in [0.15, 0.2) is 5.82 Å². The second-order valence-corrected chi connectivity index (χ2v) is 4.15. The first-order valence-corrected chi connectivity index (χ1v) is 5.84. The van der Waals surface area contributed by atoms with Crippen LogP contribution in [0.4, 0.5) is 5.95 Å². The number of hydrogen-bond acceptors (Lipinski definition) is 6. The third kappa shape index (κ3) is 2.23. The van der Waals surface area contributed by atoms with Crippen LogP contribution >= 0.6 is 22.9 Å². The number of anilines is 1. The number of thiophene rings is 1. The molecule has 0 aliphatic rings. The van der Waals surface area contributed by atoms with Gasteiger partial charge in [0, 0.05) is 0 Å². The van der Waals surface area contributed by atoms with Gasteiger partial charge >= 0.3 is 6.01 Å². The molecule has 2 rings (SSSR count). The summed E-state index contributed by atoms with van der Waals surface area (Å²) in [6.07, 6.45) is 0. The maximum Gasteiger partial charge on any atom is 0.321 e. The Hall–Kier alpha value is -1.40. The van der Waals surface area contributed by atoms with Crippen molar-refractivity contribution in [3.63, 3.8) is 0 Å². The van der Waals surface area contributed by atoms with Crippen LogP contribution in [-0.2, 0) is 0 Å². The largest absolute Gasteiger partial charge is 0.464 e. The number of ether oxygens (including phenoxy) is 1. The lowest BCUT2D eigenvalue weighted by Gasteiger charge is -2.03. The van der Waals surface area contributed by atoms with Gasteiger partial charge in [-0.1, -0.05) is 11.6 Å². The van der Waals surface area contributed by atoms with Crippen LogP contribution in [-0.4, -0.2) is 21.6 Å². The highest BCUT2D eigenvalue weighted by Gasteiger charge is 2.11. The summed E-state index contributed by atoms with van der Waals surface area (Å²) in [6.45, 7) is 2.32. The van der Waals surface area contributed by atoms with Crippen LogP contribution in [0.25, 0.3) is 10.7 Å². The molecule has 0 spiro atoms. The second-order valence-electron chi connectivity index (χ2n) is 2.83. The summed E-state index contributed by atoms with van der Waals surface area (Å²) < 4.78 is 5.18. The van der Waals surface area contributed by atoms with Gasteiger partial charge < -0.3 is 10.5 Å². The lowest BCUT2D eigenvalue weighted by atomic mass is 10.4. The molecule has 0 unspecified atom stereocenters. The molecule has 0 saturated carbocycles. The van der Waals surface area contributed by atoms with E-state index in [4.69, 9.17) is 22.1 Å². The molecule has 2 aromatic rings. The highest BCUT2D eigenvalue weighted by Crippen LogP contribution is 2.31. The average Bonchev–Trinajstić information content (AvgIpc) is 2.64. The van der Waals surface area contributed by atoms with E-state index in [1.54, 1.807) is 6.07 Å². The van der Waals surface area contributed by atoms with Crippen molar-refractivity contribution in [2.24, 2.45) is 0 Å². The van der Waals surface area contributed by atoms with Crippen molar-refractivity contribution in [2.75, 3.05) is 12.3 Å². The average molecular weight is 257 g/mol. The number of hydrogen-bond donors (Lipinski definition) is 1. The van der Waals surface area contributed by atoms with E-state index in [0.717, 1.165) is 4.88 Å². The molecule has 2 N–H and O–H groups in total. The number of rotatable bonds is 3. The Morgan fingerprint density at radius 3 is 2.88 bits per heavy atom. The lowest BCUT2D eigenvalue weighted by Crippen LogP contribution is -2.04. The number of nitrogens with two attached hydrogens (primary N) is 1. The van der Waals surface area contributed by atoms with Crippen LogP contribution in [0.15, 0.2) is 11.4 Å². The zero-order valence-corrected chi connectivity index (χ0v) is 10.0. The molecule has 2 aromatic heterocycles. The summed E-state index contributed by atoms with van der Waals surface area (Å²) in [5.74, 6) is 0.564. The van der Waals surface area contributed by atoms with Crippen molar-refractivity contribution in [2.45, 2.75) is 6.92 Å². The van der Waals surface area contributed by atoms with E-state index in [1.165, 1.54) is 11.3 Å². The van der Waals surface area contributed by atoms with E-state index >= 15 is 0 Å². The zero-order chi connectivity index (χ0) is 11.5. The maximum absolute atomic E-state index is 5.98. The predicted octanol–water partition coefficient (Wildman–Crippen LogP) is 2.23. The van der Waals surface area contributed by atoms with Gasteiger partial charge in [0.25, 0.3) is 0 Å². The van der Waals surface area contributed by atoms with Gasteiger partial charge in [-0.3, -0.25) is 0 Å². The van der Waals surface area contributed by atoms with Gasteiger partial charge in [-0.25, -0.2) is 0 Å². The van der Waals surface area contributed by atoms with Crippen molar-refractivity contribution in [3.05, 3.63) is 16.5 Å². The number of nitrogen functional groups attached to an aromatic ring is 1.